The molecule has 10 rings (SSSR count). The monoisotopic (exact) mass is 948 g/mol. The number of hydrogen-bond donors (Lipinski definition) is 0. The Kier molecular flexibility index (Phi) is 10.2. The zero-order chi connectivity index (χ0) is 48.9. The number of aromatic nitrogens is 3. The third-order valence-electron chi connectivity index (χ3n) is 12.1. The number of alkyl halides is 12. The SMILES string of the molecule is Cc1cccc(-c2cc(-n3c4ccccc4c4cc(-c5ccc(C(F)(F)F)cc5C(F)(F)F)ccc43)c(C#N)c(-n3c4ccccc4c4cc(-c5ccc(C(F)(F)F)cc5C(F)(F)F)ccc43)c2)n1. The molecule has 0 bridgehead atoms. The minimum absolute atomic E-state index is 0.0198. The average molecular weight is 949 g/mol. The number of para-hydroxylation sites is 2. The van der Waals surface area contributed by atoms with Gasteiger partial charge in [-0.2, -0.15) is 57.9 Å². The summed E-state index contributed by atoms with van der Waals surface area (Å²) in [7, 11) is 0. The molecule has 344 valence electrons. The molecule has 3 heterocycles. The summed E-state index contributed by atoms with van der Waals surface area (Å²) in [6.07, 6.45) is -20.4. The van der Waals surface area contributed by atoms with Gasteiger partial charge in [-0.1, -0.05) is 66.7 Å². The summed E-state index contributed by atoms with van der Waals surface area (Å²) in [6, 6.07) is 36.5. The first-order valence-corrected chi connectivity index (χ1v) is 20.8. The van der Waals surface area contributed by atoms with Crippen molar-refractivity contribution in [2.75, 3.05) is 0 Å². The van der Waals surface area contributed by atoms with Crippen LogP contribution >= 0.6 is 0 Å². The lowest BCUT2D eigenvalue weighted by Crippen LogP contribution is -2.12. The molecule has 7 aromatic carbocycles. The van der Waals surface area contributed by atoms with E-state index in [1.54, 1.807) is 94.9 Å². The number of nitriles is 1. The van der Waals surface area contributed by atoms with Crippen LogP contribution in [-0.2, 0) is 24.7 Å². The van der Waals surface area contributed by atoms with Crippen LogP contribution in [0, 0.1) is 18.3 Å². The van der Waals surface area contributed by atoms with Crippen LogP contribution in [0.5, 0.6) is 0 Å². The van der Waals surface area contributed by atoms with Gasteiger partial charge in [0.05, 0.1) is 61.4 Å². The van der Waals surface area contributed by atoms with Crippen LogP contribution in [0.4, 0.5) is 52.7 Å². The molecule has 0 amide bonds. The third-order valence-corrected chi connectivity index (χ3v) is 12.1. The second kappa shape index (κ2) is 15.8. The van der Waals surface area contributed by atoms with Gasteiger partial charge in [-0.3, -0.25) is 4.98 Å². The molecule has 69 heavy (non-hydrogen) atoms. The van der Waals surface area contributed by atoms with Crippen LogP contribution in [-0.4, -0.2) is 14.1 Å². The molecule has 0 radical (unpaired) electrons. The maximum Gasteiger partial charge on any atom is 0.417 e. The minimum atomic E-state index is -5.15. The van der Waals surface area contributed by atoms with Crippen molar-refractivity contribution in [1.82, 2.24) is 14.1 Å². The number of nitrogens with zero attached hydrogens (tertiary/aromatic N) is 4. The van der Waals surface area contributed by atoms with Crippen molar-refractivity contribution in [3.8, 4) is 51.0 Å². The third kappa shape index (κ3) is 7.67. The molecule has 0 aliphatic heterocycles. The number of pyridine rings is 1. The summed E-state index contributed by atoms with van der Waals surface area (Å²) in [5.74, 6) is 0. The molecule has 0 fully saturated rings. The van der Waals surface area contributed by atoms with E-state index in [9.17, 15) is 57.9 Å². The lowest BCUT2D eigenvalue weighted by atomic mass is 9.95. The molecule has 0 saturated heterocycles. The first-order chi connectivity index (χ1) is 32.6. The Bertz CT molecular complexity index is 3550. The highest BCUT2D eigenvalue weighted by Crippen LogP contribution is 2.46. The normalized spacial score (nSPS) is 12.7. The van der Waals surface area contributed by atoms with E-state index in [1.165, 1.54) is 36.4 Å². The van der Waals surface area contributed by atoms with Gasteiger partial charge < -0.3 is 9.13 Å². The van der Waals surface area contributed by atoms with Crippen molar-refractivity contribution in [1.29, 1.82) is 5.26 Å². The molecule has 0 unspecified atom stereocenters. The predicted molar refractivity (Wildman–Crippen MR) is 239 cm³/mol. The first-order valence-electron chi connectivity index (χ1n) is 20.8. The minimum Gasteiger partial charge on any atom is -0.308 e. The topological polar surface area (TPSA) is 46.5 Å². The van der Waals surface area contributed by atoms with E-state index >= 15 is 0 Å². The fourth-order valence-corrected chi connectivity index (χ4v) is 9.14. The summed E-state index contributed by atoms with van der Waals surface area (Å²) >= 11 is 0. The van der Waals surface area contributed by atoms with Crippen LogP contribution in [0.3, 0.4) is 0 Å². The standard InChI is InChI=1S/C53H28F12N4/c1-28-7-6-10-43(67-28)31-23-48(68-44-11-4-2-8-36(44)38-21-29(13-19-46(38)68)34-17-15-32(50(54,55)56)25-41(34)52(60,61)62)40(27-66)49(24-31)69-45-12-5-3-9-37(45)39-22-30(14-20-47(39)69)35-18-16-33(51(57,58)59)26-42(35)53(63,64)65/h2-26H,1H3. The lowest BCUT2D eigenvalue weighted by Gasteiger charge is -2.19. The summed E-state index contributed by atoms with van der Waals surface area (Å²) in [4.78, 5) is 4.76. The van der Waals surface area contributed by atoms with Gasteiger partial charge in [0, 0.05) is 32.8 Å². The van der Waals surface area contributed by atoms with Gasteiger partial charge in [0.25, 0.3) is 0 Å². The zero-order valence-electron chi connectivity index (χ0n) is 35.3. The Labute approximate surface area is 382 Å². The Hall–Kier alpha value is -8.06. The molecule has 0 atom stereocenters. The van der Waals surface area contributed by atoms with E-state index in [4.69, 9.17) is 4.98 Å². The van der Waals surface area contributed by atoms with Gasteiger partial charge in [0.1, 0.15) is 11.6 Å². The molecule has 0 spiro atoms. The van der Waals surface area contributed by atoms with E-state index in [0.717, 1.165) is 12.1 Å². The second-order valence-corrected chi connectivity index (χ2v) is 16.3. The van der Waals surface area contributed by atoms with Crippen LogP contribution < -0.4 is 0 Å². The van der Waals surface area contributed by atoms with Gasteiger partial charge in [-0.15, -0.1) is 0 Å². The van der Waals surface area contributed by atoms with Crippen molar-refractivity contribution >= 4 is 43.6 Å². The molecule has 3 aromatic heterocycles. The Morgan fingerprint density at radius 3 is 1.26 bits per heavy atom. The Morgan fingerprint density at radius 2 is 0.855 bits per heavy atom. The maximum absolute atomic E-state index is 14.5. The maximum atomic E-state index is 14.5. The number of rotatable bonds is 5. The van der Waals surface area contributed by atoms with Gasteiger partial charge >= 0.3 is 24.7 Å². The predicted octanol–water partition coefficient (Wildman–Crippen LogP) is 16.5. The fourth-order valence-electron chi connectivity index (χ4n) is 9.14. The molecule has 0 N–H and O–H groups in total. The summed E-state index contributed by atoms with van der Waals surface area (Å²) in [5.41, 5.74) is -2.73. The van der Waals surface area contributed by atoms with Crippen LogP contribution in [0.15, 0.2) is 152 Å². The Morgan fingerprint density at radius 1 is 0.420 bits per heavy atom. The molecular weight excluding hydrogens is 921 g/mol. The summed E-state index contributed by atoms with van der Waals surface area (Å²) in [6.45, 7) is 1.78. The fraction of sp³-hybridized carbons (Fsp3) is 0.0943. The smallest absolute Gasteiger partial charge is 0.308 e. The van der Waals surface area contributed by atoms with Crippen molar-refractivity contribution in [2.24, 2.45) is 0 Å². The molecule has 0 aliphatic rings. The number of hydrogen-bond acceptors (Lipinski definition) is 2. The molecule has 0 saturated carbocycles. The zero-order valence-corrected chi connectivity index (χ0v) is 35.3. The largest absolute Gasteiger partial charge is 0.417 e. The van der Waals surface area contributed by atoms with Crippen LogP contribution in [0.2, 0.25) is 0 Å². The van der Waals surface area contributed by atoms with E-state index in [1.807, 2.05) is 0 Å². The van der Waals surface area contributed by atoms with E-state index in [-0.39, 0.29) is 28.8 Å². The number of halogens is 12. The molecule has 16 heteroatoms. The second-order valence-electron chi connectivity index (χ2n) is 16.3. The van der Waals surface area contributed by atoms with E-state index < -0.39 is 58.1 Å². The number of benzene rings is 7. The number of aryl methyl sites for hydroxylation is 1. The van der Waals surface area contributed by atoms with Gasteiger partial charge in [0.15, 0.2) is 0 Å². The highest BCUT2D eigenvalue weighted by atomic mass is 19.4. The van der Waals surface area contributed by atoms with Crippen LogP contribution in [0.1, 0.15) is 33.5 Å². The van der Waals surface area contributed by atoms with Crippen molar-refractivity contribution in [2.45, 2.75) is 31.6 Å². The molecule has 4 nitrogen and oxygen atoms in total. The number of fused-ring (bicyclic) bond motifs is 6. The quantitative estimate of drug-likeness (QED) is 0.161. The lowest BCUT2D eigenvalue weighted by molar-refractivity contribution is -0.144. The van der Waals surface area contributed by atoms with E-state index in [2.05, 4.69) is 6.07 Å². The van der Waals surface area contributed by atoms with Gasteiger partial charge in [0.2, 0.25) is 0 Å². The van der Waals surface area contributed by atoms with Crippen molar-refractivity contribution in [3.05, 3.63) is 185 Å². The summed E-state index contributed by atoms with van der Waals surface area (Å²) < 4.78 is 172. The first kappa shape index (κ1) is 44.8. The van der Waals surface area contributed by atoms with Gasteiger partial charge in [-0.05, 0) is 114 Å². The average Bonchev–Trinajstić information content (AvgIpc) is 3.81. The Balaban J connectivity index is 1.25. The highest BCUT2D eigenvalue weighted by Gasteiger charge is 2.40. The molecule has 10 aromatic rings. The molecule has 0 aliphatic carbocycles. The summed E-state index contributed by atoms with van der Waals surface area (Å²) in [5, 5.41) is 13.2. The van der Waals surface area contributed by atoms with Crippen molar-refractivity contribution in [3.63, 3.8) is 0 Å². The van der Waals surface area contributed by atoms with E-state index in [0.29, 0.717) is 84.1 Å². The highest BCUT2D eigenvalue weighted by molar-refractivity contribution is 6.12. The van der Waals surface area contributed by atoms with Crippen LogP contribution in [0.25, 0.3) is 88.5 Å². The molecular formula is C53H28F12N4. The van der Waals surface area contributed by atoms with Gasteiger partial charge in [-0.25, -0.2) is 0 Å². The van der Waals surface area contributed by atoms with Crippen molar-refractivity contribution < 1.29 is 52.7 Å².